The number of anilines is 1. The molecule has 1 aromatic heterocycles. The molecule has 16 heavy (non-hydrogen) atoms. The maximum atomic E-state index is 11.5. The van der Waals surface area contributed by atoms with Gasteiger partial charge in [-0.1, -0.05) is 0 Å². The molecule has 5 nitrogen and oxygen atoms in total. The van der Waals surface area contributed by atoms with Gasteiger partial charge in [-0.15, -0.1) is 0 Å². The number of amides is 1. The molecule has 0 aliphatic rings. The summed E-state index contributed by atoms with van der Waals surface area (Å²) in [5.41, 5.74) is 0.858. The van der Waals surface area contributed by atoms with Crippen LogP contribution in [0.25, 0.3) is 0 Å². The van der Waals surface area contributed by atoms with Crippen LogP contribution >= 0.6 is 11.6 Å². The molecule has 1 aromatic rings. The summed E-state index contributed by atoms with van der Waals surface area (Å²) in [6.45, 7) is 4.67. The van der Waals surface area contributed by atoms with E-state index in [9.17, 15) is 4.79 Å². The van der Waals surface area contributed by atoms with Gasteiger partial charge in [0.1, 0.15) is 5.82 Å². The van der Waals surface area contributed by atoms with Crippen molar-refractivity contribution in [3.63, 3.8) is 0 Å². The molecule has 0 saturated heterocycles. The standard InChI is InChI=1S/C10H15ClN4O/c1-4-15(3)8(16)6-12-9-7(2)5-13-10(11)14-9/h5H,4,6H2,1-3H3,(H,12,13,14). The Kier molecular flexibility index (Phi) is 4.49. The first-order valence-electron chi connectivity index (χ1n) is 5.01. The Bertz CT molecular complexity index is 383. The van der Waals surface area contributed by atoms with Crippen LogP contribution < -0.4 is 5.32 Å². The van der Waals surface area contributed by atoms with Crippen molar-refractivity contribution in [2.75, 3.05) is 25.5 Å². The maximum absolute atomic E-state index is 11.5. The van der Waals surface area contributed by atoms with Gasteiger partial charge in [0.25, 0.3) is 0 Å². The zero-order valence-corrected chi connectivity index (χ0v) is 10.4. The summed E-state index contributed by atoms with van der Waals surface area (Å²) in [7, 11) is 1.75. The van der Waals surface area contributed by atoms with Gasteiger partial charge in [-0.2, -0.15) is 0 Å². The molecule has 0 fully saturated rings. The average Bonchev–Trinajstić information content (AvgIpc) is 2.28. The number of nitrogens with one attached hydrogen (secondary N) is 1. The second kappa shape index (κ2) is 5.65. The normalized spacial score (nSPS) is 10.0. The summed E-state index contributed by atoms with van der Waals surface area (Å²) in [6, 6.07) is 0. The van der Waals surface area contributed by atoms with Crippen molar-refractivity contribution < 1.29 is 4.79 Å². The fourth-order valence-corrected chi connectivity index (χ4v) is 1.20. The van der Waals surface area contributed by atoms with Gasteiger partial charge in [-0.05, 0) is 25.4 Å². The van der Waals surface area contributed by atoms with Crippen LogP contribution in [0.15, 0.2) is 6.20 Å². The fraction of sp³-hybridized carbons (Fsp3) is 0.500. The first-order chi connectivity index (χ1) is 7.54. The molecule has 1 heterocycles. The van der Waals surface area contributed by atoms with E-state index in [2.05, 4.69) is 15.3 Å². The average molecular weight is 243 g/mol. The SMILES string of the molecule is CCN(C)C(=O)CNc1nc(Cl)ncc1C. The summed E-state index contributed by atoms with van der Waals surface area (Å²) in [5.74, 6) is 0.606. The van der Waals surface area contributed by atoms with Crippen LogP contribution in [0.4, 0.5) is 5.82 Å². The number of halogens is 1. The van der Waals surface area contributed by atoms with Gasteiger partial charge in [0.15, 0.2) is 0 Å². The third kappa shape index (κ3) is 3.34. The zero-order chi connectivity index (χ0) is 12.1. The van der Waals surface area contributed by atoms with Crippen molar-refractivity contribution in [3.8, 4) is 0 Å². The number of rotatable bonds is 4. The van der Waals surface area contributed by atoms with Gasteiger partial charge < -0.3 is 10.2 Å². The first kappa shape index (κ1) is 12.7. The molecule has 0 aromatic carbocycles. The number of hydrogen-bond donors (Lipinski definition) is 1. The molecule has 1 amide bonds. The molecule has 0 saturated carbocycles. The number of carbonyl (C=O) groups is 1. The quantitative estimate of drug-likeness (QED) is 0.810. The Morgan fingerprint density at radius 1 is 1.62 bits per heavy atom. The summed E-state index contributed by atoms with van der Waals surface area (Å²) in [5, 5.41) is 3.11. The van der Waals surface area contributed by atoms with Crippen molar-refractivity contribution in [2.24, 2.45) is 0 Å². The molecule has 1 N–H and O–H groups in total. The van der Waals surface area contributed by atoms with Crippen LogP contribution in [0.5, 0.6) is 0 Å². The highest BCUT2D eigenvalue weighted by atomic mass is 35.5. The van der Waals surface area contributed by atoms with E-state index in [0.29, 0.717) is 12.4 Å². The number of carbonyl (C=O) groups excluding carboxylic acids is 1. The van der Waals surface area contributed by atoms with E-state index in [4.69, 9.17) is 11.6 Å². The highest BCUT2D eigenvalue weighted by Gasteiger charge is 2.08. The third-order valence-corrected chi connectivity index (χ3v) is 2.43. The lowest BCUT2D eigenvalue weighted by atomic mass is 10.3. The Labute approximate surface area is 99.8 Å². The van der Waals surface area contributed by atoms with Gasteiger partial charge in [0.05, 0.1) is 6.54 Å². The van der Waals surface area contributed by atoms with Crippen LogP contribution in [0.1, 0.15) is 12.5 Å². The second-order valence-corrected chi connectivity index (χ2v) is 3.77. The van der Waals surface area contributed by atoms with Gasteiger partial charge in [-0.3, -0.25) is 4.79 Å². The number of hydrogen-bond acceptors (Lipinski definition) is 4. The maximum Gasteiger partial charge on any atom is 0.241 e. The van der Waals surface area contributed by atoms with E-state index in [1.807, 2.05) is 13.8 Å². The molecule has 88 valence electrons. The lowest BCUT2D eigenvalue weighted by molar-refractivity contribution is -0.127. The molecular formula is C10H15ClN4O. The number of aryl methyl sites for hydroxylation is 1. The van der Waals surface area contributed by atoms with Crippen LogP contribution in [0.2, 0.25) is 5.28 Å². The highest BCUT2D eigenvalue weighted by Crippen LogP contribution is 2.12. The minimum atomic E-state index is 0.0108. The highest BCUT2D eigenvalue weighted by molar-refractivity contribution is 6.28. The molecule has 0 aliphatic heterocycles. The Balaban J connectivity index is 2.61. The van der Waals surface area contributed by atoms with Crippen LogP contribution in [0, 0.1) is 6.92 Å². The molecule has 0 radical (unpaired) electrons. The van der Waals surface area contributed by atoms with E-state index in [1.165, 1.54) is 0 Å². The topological polar surface area (TPSA) is 58.1 Å². The molecule has 1 rings (SSSR count). The Hall–Kier alpha value is -1.36. The van der Waals surface area contributed by atoms with E-state index in [1.54, 1.807) is 18.1 Å². The lowest BCUT2D eigenvalue weighted by Gasteiger charge is -2.15. The van der Waals surface area contributed by atoms with Crippen LogP contribution in [-0.2, 0) is 4.79 Å². The Morgan fingerprint density at radius 2 is 2.31 bits per heavy atom. The van der Waals surface area contributed by atoms with Crippen molar-refractivity contribution >= 4 is 23.3 Å². The fourth-order valence-electron chi connectivity index (χ4n) is 1.07. The van der Waals surface area contributed by atoms with E-state index in [-0.39, 0.29) is 17.7 Å². The number of nitrogens with zero attached hydrogens (tertiary/aromatic N) is 3. The predicted octanol–water partition coefficient (Wildman–Crippen LogP) is 1.33. The molecule has 6 heteroatoms. The van der Waals surface area contributed by atoms with Crippen LogP contribution in [0.3, 0.4) is 0 Å². The van der Waals surface area contributed by atoms with Gasteiger partial charge in [0, 0.05) is 25.4 Å². The molecule has 0 spiro atoms. The summed E-state index contributed by atoms with van der Waals surface area (Å²) >= 11 is 5.66. The minimum absolute atomic E-state index is 0.0108. The first-order valence-corrected chi connectivity index (χ1v) is 5.39. The van der Waals surface area contributed by atoms with Crippen molar-refractivity contribution in [1.82, 2.24) is 14.9 Å². The summed E-state index contributed by atoms with van der Waals surface area (Å²) in [4.78, 5) is 21.0. The molecule has 0 unspecified atom stereocenters. The van der Waals surface area contributed by atoms with Gasteiger partial charge >= 0.3 is 0 Å². The van der Waals surface area contributed by atoms with E-state index >= 15 is 0 Å². The van der Waals surface area contributed by atoms with Crippen molar-refractivity contribution in [2.45, 2.75) is 13.8 Å². The smallest absolute Gasteiger partial charge is 0.241 e. The van der Waals surface area contributed by atoms with E-state index < -0.39 is 0 Å². The minimum Gasteiger partial charge on any atom is -0.361 e. The molecule has 0 atom stereocenters. The summed E-state index contributed by atoms with van der Waals surface area (Å²) in [6.07, 6.45) is 1.62. The second-order valence-electron chi connectivity index (χ2n) is 3.43. The van der Waals surface area contributed by atoms with E-state index in [0.717, 1.165) is 5.56 Å². The monoisotopic (exact) mass is 242 g/mol. The largest absolute Gasteiger partial charge is 0.361 e. The molecule has 0 aliphatic carbocycles. The lowest BCUT2D eigenvalue weighted by Crippen LogP contribution is -2.32. The number of aromatic nitrogens is 2. The van der Waals surface area contributed by atoms with Gasteiger partial charge in [-0.25, -0.2) is 9.97 Å². The summed E-state index contributed by atoms with van der Waals surface area (Å²) < 4.78 is 0. The van der Waals surface area contributed by atoms with Crippen molar-refractivity contribution in [3.05, 3.63) is 17.0 Å². The Morgan fingerprint density at radius 3 is 2.94 bits per heavy atom. The number of likely N-dealkylation sites (N-methyl/N-ethyl adjacent to an activating group) is 1. The van der Waals surface area contributed by atoms with Crippen molar-refractivity contribution in [1.29, 1.82) is 0 Å². The van der Waals surface area contributed by atoms with Crippen LogP contribution in [-0.4, -0.2) is 40.9 Å². The molecular weight excluding hydrogens is 228 g/mol. The zero-order valence-electron chi connectivity index (χ0n) is 9.62. The third-order valence-electron chi connectivity index (χ3n) is 2.25. The van der Waals surface area contributed by atoms with Gasteiger partial charge in [0.2, 0.25) is 11.2 Å². The predicted molar refractivity (Wildman–Crippen MR) is 63.6 cm³/mol. The molecule has 0 bridgehead atoms.